The Bertz CT molecular complexity index is 1050. The Morgan fingerprint density at radius 1 is 1.20 bits per heavy atom. The lowest BCUT2D eigenvalue weighted by Crippen LogP contribution is -2.25. The van der Waals surface area contributed by atoms with Gasteiger partial charge in [0.15, 0.2) is 23.0 Å². The molecule has 2 aromatic heterocycles. The van der Waals surface area contributed by atoms with Crippen LogP contribution in [0, 0.1) is 0 Å². The Kier molecular flexibility index (Phi) is 6.81. The first-order chi connectivity index (χ1) is 14.3. The van der Waals surface area contributed by atoms with E-state index in [1.54, 1.807) is 32.2 Å². The summed E-state index contributed by atoms with van der Waals surface area (Å²) in [4.78, 5) is 21.0. The molecule has 0 bridgehead atoms. The first kappa shape index (κ1) is 21.9. The molecule has 0 spiro atoms. The van der Waals surface area contributed by atoms with Crippen molar-refractivity contribution in [2.24, 2.45) is 5.73 Å². The molecule has 0 fully saturated rings. The zero-order valence-electron chi connectivity index (χ0n) is 16.5. The Balaban J connectivity index is 1.90. The number of hydrogen-bond acceptors (Lipinski definition) is 7. The molecule has 1 unspecified atom stereocenters. The van der Waals surface area contributed by atoms with Crippen molar-refractivity contribution in [2.45, 2.75) is 19.5 Å². The molecule has 158 valence electrons. The molecular formula is C20H20Cl2N4O4. The van der Waals surface area contributed by atoms with Gasteiger partial charge in [0.1, 0.15) is 0 Å². The fourth-order valence-electron chi connectivity index (χ4n) is 2.76. The fourth-order valence-corrected chi connectivity index (χ4v) is 3.25. The van der Waals surface area contributed by atoms with Crippen molar-refractivity contribution < 1.29 is 18.7 Å². The van der Waals surface area contributed by atoms with Crippen LogP contribution in [0.15, 0.2) is 35.0 Å². The number of oxazole rings is 1. The number of methoxy groups -OCH3 is 2. The summed E-state index contributed by atoms with van der Waals surface area (Å²) in [6.07, 6.45) is 2.90. The minimum absolute atomic E-state index is 0.0797. The van der Waals surface area contributed by atoms with E-state index in [-0.39, 0.29) is 23.9 Å². The SMILES string of the molecule is COc1ccc(-c2nc(C(=O)NCc3c(Cl)cncc3Cl)c(C(C)N)o2)cc1OC. The van der Waals surface area contributed by atoms with Crippen LogP contribution < -0.4 is 20.5 Å². The summed E-state index contributed by atoms with van der Waals surface area (Å²) in [5, 5.41) is 3.44. The zero-order chi connectivity index (χ0) is 21.8. The van der Waals surface area contributed by atoms with E-state index in [0.717, 1.165) is 0 Å². The third-order valence-corrected chi connectivity index (χ3v) is 4.94. The summed E-state index contributed by atoms with van der Waals surface area (Å²) < 4.78 is 16.4. The van der Waals surface area contributed by atoms with E-state index in [0.29, 0.717) is 32.7 Å². The standard InChI is InChI=1S/C20H20Cl2N4O4/c1-10(23)18-17(19(27)25-7-12-13(21)8-24-9-14(12)22)26-20(30-18)11-4-5-15(28-2)16(6-11)29-3/h4-6,8-10H,7,23H2,1-3H3,(H,25,27). The van der Waals surface area contributed by atoms with E-state index in [1.165, 1.54) is 19.5 Å². The van der Waals surface area contributed by atoms with E-state index in [1.807, 2.05) is 0 Å². The first-order valence-electron chi connectivity index (χ1n) is 8.90. The smallest absolute Gasteiger partial charge is 0.273 e. The van der Waals surface area contributed by atoms with Crippen LogP contribution in [0.4, 0.5) is 0 Å². The van der Waals surface area contributed by atoms with Crippen LogP contribution in [0.25, 0.3) is 11.5 Å². The van der Waals surface area contributed by atoms with Gasteiger partial charge in [-0.05, 0) is 25.1 Å². The Hall–Kier alpha value is -2.81. The minimum atomic E-state index is -0.555. The quantitative estimate of drug-likeness (QED) is 0.558. The zero-order valence-corrected chi connectivity index (χ0v) is 18.0. The highest BCUT2D eigenvalue weighted by Crippen LogP contribution is 2.33. The molecule has 0 aliphatic carbocycles. The molecule has 1 aromatic carbocycles. The van der Waals surface area contributed by atoms with E-state index >= 15 is 0 Å². The number of rotatable bonds is 7. The van der Waals surface area contributed by atoms with Crippen LogP contribution in [0.1, 0.15) is 34.8 Å². The van der Waals surface area contributed by atoms with E-state index in [9.17, 15) is 4.79 Å². The van der Waals surface area contributed by atoms with Gasteiger partial charge in [-0.25, -0.2) is 4.98 Å². The second-order valence-corrected chi connectivity index (χ2v) is 7.17. The highest BCUT2D eigenvalue weighted by Gasteiger charge is 2.24. The molecule has 0 saturated carbocycles. The van der Waals surface area contributed by atoms with E-state index in [4.69, 9.17) is 42.8 Å². The maximum absolute atomic E-state index is 12.8. The van der Waals surface area contributed by atoms with Gasteiger partial charge < -0.3 is 24.9 Å². The van der Waals surface area contributed by atoms with E-state index in [2.05, 4.69) is 15.3 Å². The van der Waals surface area contributed by atoms with Gasteiger partial charge in [-0.15, -0.1) is 0 Å². The maximum Gasteiger partial charge on any atom is 0.273 e. The second-order valence-electron chi connectivity index (χ2n) is 6.35. The number of carbonyl (C=O) groups excluding carboxylic acids is 1. The van der Waals surface area contributed by atoms with Crippen molar-refractivity contribution in [3.8, 4) is 23.0 Å². The minimum Gasteiger partial charge on any atom is -0.493 e. The van der Waals surface area contributed by atoms with Crippen molar-refractivity contribution in [3.05, 3.63) is 57.7 Å². The number of amides is 1. The number of nitrogens with zero attached hydrogens (tertiary/aromatic N) is 2. The number of pyridine rings is 1. The molecule has 1 amide bonds. The fraction of sp³-hybridized carbons (Fsp3) is 0.250. The van der Waals surface area contributed by atoms with Crippen molar-refractivity contribution in [1.29, 1.82) is 0 Å². The van der Waals surface area contributed by atoms with Crippen molar-refractivity contribution >= 4 is 29.1 Å². The molecule has 3 N–H and O–H groups in total. The Morgan fingerprint density at radius 3 is 2.47 bits per heavy atom. The summed E-state index contributed by atoms with van der Waals surface area (Å²) in [7, 11) is 3.07. The molecule has 0 saturated heterocycles. The van der Waals surface area contributed by atoms with Crippen LogP contribution in [-0.4, -0.2) is 30.1 Å². The molecule has 0 radical (unpaired) electrons. The monoisotopic (exact) mass is 450 g/mol. The van der Waals surface area contributed by atoms with Gasteiger partial charge in [-0.2, -0.15) is 0 Å². The molecule has 30 heavy (non-hydrogen) atoms. The molecule has 0 aliphatic rings. The van der Waals surface area contributed by atoms with Crippen molar-refractivity contribution in [2.75, 3.05) is 14.2 Å². The van der Waals surface area contributed by atoms with Gasteiger partial charge in [-0.3, -0.25) is 9.78 Å². The summed E-state index contributed by atoms with van der Waals surface area (Å²) in [5.41, 5.74) is 7.23. The topological polar surface area (TPSA) is 112 Å². The number of carbonyl (C=O) groups is 1. The van der Waals surface area contributed by atoms with Gasteiger partial charge in [0.05, 0.1) is 30.3 Å². The number of halogens is 2. The predicted molar refractivity (Wildman–Crippen MR) is 113 cm³/mol. The highest BCUT2D eigenvalue weighted by molar-refractivity contribution is 6.35. The van der Waals surface area contributed by atoms with Gasteiger partial charge in [0.2, 0.25) is 5.89 Å². The molecule has 10 heteroatoms. The molecule has 3 aromatic rings. The van der Waals surface area contributed by atoms with Crippen LogP contribution in [0.5, 0.6) is 11.5 Å². The molecule has 8 nitrogen and oxygen atoms in total. The predicted octanol–water partition coefficient (Wildman–Crippen LogP) is 4.01. The number of hydrogen-bond donors (Lipinski definition) is 2. The van der Waals surface area contributed by atoms with Crippen LogP contribution in [-0.2, 0) is 6.54 Å². The van der Waals surface area contributed by atoms with Crippen molar-refractivity contribution in [3.63, 3.8) is 0 Å². The number of benzene rings is 1. The second kappa shape index (κ2) is 9.34. The number of nitrogens with one attached hydrogen (secondary N) is 1. The number of nitrogens with two attached hydrogens (primary N) is 1. The number of aromatic nitrogens is 2. The molecule has 2 heterocycles. The average molecular weight is 451 g/mol. The summed E-state index contributed by atoms with van der Waals surface area (Å²) in [5.74, 6) is 1.08. The van der Waals surface area contributed by atoms with Gasteiger partial charge in [0.25, 0.3) is 5.91 Å². The number of ether oxygens (including phenoxy) is 2. The maximum atomic E-state index is 12.8. The lowest BCUT2D eigenvalue weighted by atomic mass is 10.2. The largest absolute Gasteiger partial charge is 0.493 e. The van der Waals surface area contributed by atoms with Crippen LogP contribution >= 0.6 is 23.2 Å². The molecule has 0 aliphatic heterocycles. The van der Waals surface area contributed by atoms with Crippen LogP contribution in [0.3, 0.4) is 0 Å². The molecule has 3 rings (SSSR count). The summed E-state index contributed by atoms with van der Waals surface area (Å²) in [6, 6.07) is 4.61. The normalized spacial score (nSPS) is 11.8. The molecule has 1 atom stereocenters. The summed E-state index contributed by atoms with van der Waals surface area (Å²) in [6.45, 7) is 1.79. The summed E-state index contributed by atoms with van der Waals surface area (Å²) >= 11 is 12.2. The van der Waals surface area contributed by atoms with Crippen molar-refractivity contribution in [1.82, 2.24) is 15.3 Å². The lowest BCUT2D eigenvalue weighted by molar-refractivity contribution is 0.0944. The lowest BCUT2D eigenvalue weighted by Gasteiger charge is -2.08. The first-order valence-corrected chi connectivity index (χ1v) is 9.66. The Labute approximate surface area is 183 Å². The molecular weight excluding hydrogens is 431 g/mol. The average Bonchev–Trinajstić information content (AvgIpc) is 3.18. The van der Waals surface area contributed by atoms with Gasteiger partial charge in [-0.1, -0.05) is 23.2 Å². The highest BCUT2D eigenvalue weighted by atomic mass is 35.5. The van der Waals surface area contributed by atoms with Gasteiger partial charge in [0, 0.05) is 30.1 Å². The van der Waals surface area contributed by atoms with Crippen LogP contribution in [0.2, 0.25) is 10.0 Å². The third-order valence-electron chi connectivity index (χ3n) is 4.29. The van der Waals surface area contributed by atoms with Gasteiger partial charge >= 0.3 is 0 Å². The van der Waals surface area contributed by atoms with E-state index < -0.39 is 11.9 Å². The third kappa shape index (κ3) is 4.51. The Morgan fingerprint density at radius 2 is 1.87 bits per heavy atom.